The molecule has 17 heavy (non-hydrogen) atoms. The monoisotopic (exact) mass is 252 g/mol. The predicted molar refractivity (Wildman–Crippen MR) is 72.3 cm³/mol. The summed E-state index contributed by atoms with van der Waals surface area (Å²) in [6.45, 7) is 3.81. The molecule has 94 valence electrons. The van der Waals surface area contributed by atoms with E-state index < -0.39 is 10.8 Å². The van der Waals surface area contributed by atoms with E-state index in [0.717, 1.165) is 24.6 Å². The highest BCUT2D eigenvalue weighted by molar-refractivity contribution is 7.85. The van der Waals surface area contributed by atoms with Crippen molar-refractivity contribution < 1.29 is 4.21 Å². The molecule has 2 rings (SSSR count). The molecule has 3 nitrogen and oxygen atoms in total. The molecule has 1 aromatic rings. The van der Waals surface area contributed by atoms with Crippen molar-refractivity contribution in [2.45, 2.75) is 19.0 Å². The highest BCUT2D eigenvalue weighted by atomic mass is 32.2. The van der Waals surface area contributed by atoms with Gasteiger partial charge in [-0.25, -0.2) is 0 Å². The predicted octanol–water partition coefficient (Wildman–Crippen LogP) is 1.14. The normalized spacial score (nSPS) is 22.2. The summed E-state index contributed by atoms with van der Waals surface area (Å²) in [6.07, 6.45) is 0. The number of nitrogens with two attached hydrogens (primary N) is 1. The molecule has 1 aromatic carbocycles. The highest BCUT2D eigenvalue weighted by Crippen LogP contribution is 2.24. The molecule has 2 N–H and O–H groups in total. The van der Waals surface area contributed by atoms with Crippen molar-refractivity contribution >= 4 is 10.8 Å². The van der Waals surface area contributed by atoms with Crippen molar-refractivity contribution in [3.8, 4) is 0 Å². The summed E-state index contributed by atoms with van der Waals surface area (Å²) in [5.74, 6) is 1.55. The van der Waals surface area contributed by atoms with Crippen LogP contribution in [-0.4, -0.2) is 39.7 Å². The molecule has 1 aliphatic rings. The third kappa shape index (κ3) is 3.15. The van der Waals surface area contributed by atoms with Crippen LogP contribution in [0.3, 0.4) is 0 Å². The summed E-state index contributed by atoms with van der Waals surface area (Å²) in [7, 11) is -0.630. The Morgan fingerprint density at radius 2 is 1.82 bits per heavy atom. The van der Waals surface area contributed by atoms with E-state index in [-0.39, 0.29) is 12.1 Å². The second-order valence-electron chi connectivity index (χ2n) is 4.60. The van der Waals surface area contributed by atoms with Gasteiger partial charge in [-0.2, -0.15) is 0 Å². The van der Waals surface area contributed by atoms with Crippen LogP contribution in [0.5, 0.6) is 0 Å². The summed E-state index contributed by atoms with van der Waals surface area (Å²) in [6, 6.07) is 10.7. The van der Waals surface area contributed by atoms with E-state index in [0.29, 0.717) is 0 Å². The first-order valence-electron chi connectivity index (χ1n) is 6.08. The second-order valence-corrected chi connectivity index (χ2v) is 6.29. The molecule has 0 radical (unpaired) electrons. The first kappa shape index (κ1) is 12.7. The number of hydrogen-bond donors (Lipinski definition) is 1. The lowest BCUT2D eigenvalue weighted by Gasteiger charge is -2.36. The van der Waals surface area contributed by atoms with E-state index in [1.54, 1.807) is 0 Å². The van der Waals surface area contributed by atoms with Crippen molar-refractivity contribution in [2.75, 3.05) is 24.6 Å². The zero-order chi connectivity index (χ0) is 12.3. The van der Waals surface area contributed by atoms with Crippen LogP contribution in [0.1, 0.15) is 18.5 Å². The summed E-state index contributed by atoms with van der Waals surface area (Å²) in [5.41, 5.74) is 7.38. The van der Waals surface area contributed by atoms with E-state index >= 15 is 0 Å². The molecule has 0 saturated carbocycles. The average Bonchev–Trinajstić information content (AvgIpc) is 2.33. The van der Waals surface area contributed by atoms with Crippen LogP contribution in [0.4, 0.5) is 0 Å². The first-order valence-corrected chi connectivity index (χ1v) is 7.57. The Morgan fingerprint density at radius 1 is 1.24 bits per heavy atom. The van der Waals surface area contributed by atoms with Gasteiger partial charge in [0, 0.05) is 47.5 Å². The van der Waals surface area contributed by atoms with Gasteiger partial charge in [0.25, 0.3) is 0 Å². The van der Waals surface area contributed by atoms with Crippen LogP contribution in [0.2, 0.25) is 0 Å². The highest BCUT2D eigenvalue weighted by Gasteiger charge is 2.26. The lowest BCUT2D eigenvalue weighted by atomic mass is 9.99. The van der Waals surface area contributed by atoms with Crippen molar-refractivity contribution in [3.63, 3.8) is 0 Å². The maximum absolute atomic E-state index is 11.4. The summed E-state index contributed by atoms with van der Waals surface area (Å²) >= 11 is 0. The Hall–Kier alpha value is -0.710. The number of benzene rings is 1. The average molecular weight is 252 g/mol. The molecule has 4 heteroatoms. The molecule has 0 amide bonds. The van der Waals surface area contributed by atoms with Gasteiger partial charge in [0.05, 0.1) is 0 Å². The quantitative estimate of drug-likeness (QED) is 0.877. The van der Waals surface area contributed by atoms with Crippen LogP contribution in [0.25, 0.3) is 0 Å². The van der Waals surface area contributed by atoms with Crippen molar-refractivity contribution in [1.29, 1.82) is 0 Å². The fourth-order valence-corrected chi connectivity index (χ4v) is 3.51. The molecule has 0 aliphatic carbocycles. The maximum atomic E-state index is 11.4. The fraction of sp³-hybridized carbons (Fsp3) is 0.538. The Labute approximate surface area is 105 Å². The van der Waals surface area contributed by atoms with Crippen LogP contribution in [0.15, 0.2) is 30.3 Å². The molecular formula is C13H20N2OS. The molecule has 0 bridgehead atoms. The van der Waals surface area contributed by atoms with Gasteiger partial charge in [-0.3, -0.25) is 9.11 Å². The molecule has 2 unspecified atom stereocenters. The summed E-state index contributed by atoms with van der Waals surface area (Å²) in [4.78, 5) is 2.36. The molecular weight excluding hydrogens is 232 g/mol. The zero-order valence-electron chi connectivity index (χ0n) is 10.2. The number of hydrogen-bond acceptors (Lipinski definition) is 3. The zero-order valence-corrected chi connectivity index (χ0v) is 11.0. The maximum Gasteiger partial charge on any atom is 0.0497 e. The lowest BCUT2D eigenvalue weighted by molar-refractivity contribution is 0.193. The summed E-state index contributed by atoms with van der Waals surface area (Å²) in [5, 5.41) is 0. The molecule has 2 atom stereocenters. The molecule has 1 aliphatic heterocycles. The van der Waals surface area contributed by atoms with E-state index in [4.69, 9.17) is 5.73 Å². The Bertz CT molecular complexity index is 370. The summed E-state index contributed by atoms with van der Waals surface area (Å²) < 4.78 is 11.4. The van der Waals surface area contributed by atoms with Crippen molar-refractivity contribution in [3.05, 3.63) is 35.9 Å². The minimum atomic E-state index is -0.630. The number of rotatable bonds is 3. The minimum absolute atomic E-state index is 0.0870. The van der Waals surface area contributed by atoms with Gasteiger partial charge in [0.15, 0.2) is 0 Å². The SMILES string of the molecule is CC(N)C(c1ccccc1)N1CCS(=O)CC1. The van der Waals surface area contributed by atoms with Gasteiger partial charge in [0.1, 0.15) is 0 Å². The smallest absolute Gasteiger partial charge is 0.0497 e. The van der Waals surface area contributed by atoms with Crippen LogP contribution < -0.4 is 5.73 Å². The van der Waals surface area contributed by atoms with Gasteiger partial charge < -0.3 is 5.73 Å². The Morgan fingerprint density at radius 3 is 2.35 bits per heavy atom. The largest absolute Gasteiger partial charge is 0.326 e. The van der Waals surface area contributed by atoms with Crippen LogP contribution >= 0.6 is 0 Å². The van der Waals surface area contributed by atoms with Gasteiger partial charge in [0.2, 0.25) is 0 Å². The number of nitrogens with zero attached hydrogens (tertiary/aromatic N) is 1. The van der Waals surface area contributed by atoms with Crippen molar-refractivity contribution in [1.82, 2.24) is 4.90 Å². The van der Waals surface area contributed by atoms with E-state index in [1.807, 2.05) is 25.1 Å². The van der Waals surface area contributed by atoms with Crippen molar-refractivity contribution in [2.24, 2.45) is 5.73 Å². The van der Waals surface area contributed by atoms with E-state index in [1.165, 1.54) is 5.56 Å². The van der Waals surface area contributed by atoms with E-state index in [9.17, 15) is 4.21 Å². The third-order valence-corrected chi connectivity index (χ3v) is 4.52. The van der Waals surface area contributed by atoms with Gasteiger partial charge in [-0.15, -0.1) is 0 Å². The molecule has 0 aromatic heterocycles. The second kappa shape index (κ2) is 5.76. The minimum Gasteiger partial charge on any atom is -0.326 e. The fourth-order valence-electron chi connectivity index (χ4n) is 2.43. The molecule has 1 saturated heterocycles. The van der Waals surface area contributed by atoms with Gasteiger partial charge >= 0.3 is 0 Å². The van der Waals surface area contributed by atoms with Crippen LogP contribution in [0, 0.1) is 0 Å². The third-order valence-electron chi connectivity index (χ3n) is 3.24. The van der Waals surface area contributed by atoms with Gasteiger partial charge in [-0.05, 0) is 12.5 Å². The van der Waals surface area contributed by atoms with Gasteiger partial charge in [-0.1, -0.05) is 30.3 Å². The van der Waals surface area contributed by atoms with Crippen LogP contribution in [-0.2, 0) is 10.8 Å². The first-order chi connectivity index (χ1) is 8.18. The molecule has 1 heterocycles. The molecule has 1 fully saturated rings. The Balaban J connectivity index is 2.15. The van der Waals surface area contributed by atoms with E-state index in [2.05, 4.69) is 17.0 Å². The topological polar surface area (TPSA) is 46.3 Å². The Kier molecular flexibility index (Phi) is 4.31. The molecule has 0 spiro atoms. The standard InChI is InChI=1S/C13H20N2OS/c1-11(14)13(12-5-3-2-4-6-12)15-7-9-17(16)10-8-15/h2-6,11,13H,7-10,14H2,1H3. The lowest BCUT2D eigenvalue weighted by Crippen LogP contribution is -2.46.